The van der Waals surface area contributed by atoms with Gasteiger partial charge in [-0.15, -0.1) is 0 Å². The molecule has 1 atom stereocenters. The van der Waals surface area contributed by atoms with Crippen LogP contribution in [0.25, 0.3) is 0 Å². The molecule has 1 aromatic rings. The quantitative estimate of drug-likeness (QED) is 0.641. The monoisotopic (exact) mass is 306 g/mol. The first-order valence-electron chi connectivity index (χ1n) is 7.27. The first-order chi connectivity index (χ1) is 10.5. The summed E-state index contributed by atoms with van der Waals surface area (Å²) in [6.45, 7) is 0. The number of carboxylic acid groups (broad SMARTS) is 1. The van der Waals surface area contributed by atoms with Gasteiger partial charge in [0.05, 0.1) is 4.92 Å². The van der Waals surface area contributed by atoms with Gasteiger partial charge in [-0.25, -0.2) is 4.79 Å². The first-order valence-corrected chi connectivity index (χ1v) is 7.27. The summed E-state index contributed by atoms with van der Waals surface area (Å²) < 4.78 is 0. The summed E-state index contributed by atoms with van der Waals surface area (Å²) in [5, 5.41) is 22.6. The van der Waals surface area contributed by atoms with Crippen LogP contribution in [-0.4, -0.2) is 27.9 Å². The second-order valence-electron chi connectivity index (χ2n) is 5.49. The van der Waals surface area contributed by atoms with Crippen LogP contribution in [0.3, 0.4) is 0 Å². The van der Waals surface area contributed by atoms with Crippen molar-refractivity contribution >= 4 is 17.6 Å². The Hall–Kier alpha value is -2.44. The van der Waals surface area contributed by atoms with Crippen LogP contribution in [-0.2, 0) is 4.79 Å². The van der Waals surface area contributed by atoms with Gasteiger partial charge in [-0.05, 0) is 24.8 Å². The first kappa shape index (κ1) is 15.9. The minimum absolute atomic E-state index is 0.0890. The second-order valence-corrected chi connectivity index (χ2v) is 5.49. The number of hydrogen-bond donors (Lipinski definition) is 2. The third-order valence-corrected chi connectivity index (χ3v) is 3.99. The topological polar surface area (TPSA) is 110 Å². The summed E-state index contributed by atoms with van der Waals surface area (Å²) in [5.41, 5.74) is -0.103. The molecule has 22 heavy (non-hydrogen) atoms. The number of nitro benzene ring substituents is 1. The second kappa shape index (κ2) is 7.02. The molecule has 0 saturated heterocycles. The molecule has 1 aliphatic carbocycles. The highest BCUT2D eigenvalue weighted by Crippen LogP contribution is 2.27. The Labute approximate surface area is 127 Å². The number of carbonyl (C=O) groups excluding carboxylic acids is 1. The number of rotatable bonds is 5. The molecule has 1 aliphatic rings. The van der Waals surface area contributed by atoms with Gasteiger partial charge in [0.15, 0.2) is 0 Å². The summed E-state index contributed by atoms with van der Waals surface area (Å²) >= 11 is 0. The van der Waals surface area contributed by atoms with Gasteiger partial charge in [-0.2, -0.15) is 0 Å². The molecule has 2 N–H and O–H groups in total. The van der Waals surface area contributed by atoms with Crippen molar-refractivity contribution < 1.29 is 19.6 Å². The molecule has 1 amide bonds. The van der Waals surface area contributed by atoms with Crippen LogP contribution in [0.4, 0.5) is 5.69 Å². The van der Waals surface area contributed by atoms with Crippen molar-refractivity contribution in [2.75, 3.05) is 0 Å². The fourth-order valence-electron chi connectivity index (χ4n) is 2.83. The van der Waals surface area contributed by atoms with Crippen LogP contribution in [0.15, 0.2) is 24.3 Å². The number of carboxylic acids is 1. The molecule has 0 radical (unpaired) electrons. The van der Waals surface area contributed by atoms with Crippen molar-refractivity contribution in [1.29, 1.82) is 0 Å². The Balaban J connectivity index is 2.12. The minimum Gasteiger partial charge on any atom is -0.480 e. The number of aliphatic carboxylic acids is 1. The van der Waals surface area contributed by atoms with Crippen LogP contribution in [0.5, 0.6) is 0 Å². The normalized spacial score (nSPS) is 16.7. The Bertz CT molecular complexity index is 581. The third-order valence-electron chi connectivity index (χ3n) is 3.99. The number of nitrogens with one attached hydrogen (secondary N) is 1. The molecule has 0 aromatic heterocycles. The molecule has 0 aliphatic heterocycles. The van der Waals surface area contributed by atoms with Crippen LogP contribution in [0, 0.1) is 16.0 Å². The Morgan fingerprint density at radius 2 is 1.95 bits per heavy atom. The molecule has 0 unspecified atom stereocenters. The number of hydrogen-bond acceptors (Lipinski definition) is 4. The van der Waals surface area contributed by atoms with Crippen molar-refractivity contribution in [2.45, 2.75) is 38.1 Å². The number of nitro groups is 1. The van der Waals surface area contributed by atoms with E-state index in [0.29, 0.717) is 0 Å². The Morgan fingerprint density at radius 1 is 1.27 bits per heavy atom. The van der Waals surface area contributed by atoms with Gasteiger partial charge in [0.2, 0.25) is 0 Å². The van der Waals surface area contributed by atoms with E-state index in [4.69, 9.17) is 0 Å². The molecule has 2 rings (SSSR count). The van der Waals surface area contributed by atoms with Crippen LogP contribution < -0.4 is 5.32 Å². The summed E-state index contributed by atoms with van der Waals surface area (Å²) in [6, 6.07) is 4.32. The van der Waals surface area contributed by atoms with Gasteiger partial charge in [0, 0.05) is 17.7 Å². The largest absolute Gasteiger partial charge is 0.480 e. The molecule has 118 valence electrons. The fraction of sp³-hybridized carbons (Fsp3) is 0.467. The van der Waals surface area contributed by atoms with Gasteiger partial charge in [-0.3, -0.25) is 14.9 Å². The molecule has 0 bridgehead atoms. The van der Waals surface area contributed by atoms with E-state index in [9.17, 15) is 24.8 Å². The SMILES string of the molecule is O=C(N[C@H](C(=O)O)C1CCCCC1)c1cccc([N+](=O)[O-])c1. The number of amides is 1. The van der Waals surface area contributed by atoms with Crippen LogP contribution in [0.2, 0.25) is 0 Å². The Kier molecular flexibility index (Phi) is 5.08. The molecule has 0 heterocycles. The molecule has 1 saturated carbocycles. The van der Waals surface area contributed by atoms with E-state index in [0.717, 1.165) is 38.2 Å². The summed E-state index contributed by atoms with van der Waals surface area (Å²) in [4.78, 5) is 33.7. The van der Waals surface area contributed by atoms with Gasteiger partial charge in [0.25, 0.3) is 11.6 Å². The molecule has 7 heteroatoms. The Morgan fingerprint density at radius 3 is 2.55 bits per heavy atom. The number of benzene rings is 1. The fourth-order valence-corrected chi connectivity index (χ4v) is 2.83. The number of non-ortho nitro benzene ring substituents is 1. The van der Waals surface area contributed by atoms with Gasteiger partial charge in [-0.1, -0.05) is 25.3 Å². The molecular weight excluding hydrogens is 288 g/mol. The summed E-state index contributed by atoms with van der Waals surface area (Å²) in [7, 11) is 0. The lowest BCUT2D eigenvalue weighted by atomic mass is 9.84. The lowest BCUT2D eigenvalue weighted by Crippen LogP contribution is -2.46. The van der Waals surface area contributed by atoms with Crippen molar-refractivity contribution in [3.63, 3.8) is 0 Å². The number of carbonyl (C=O) groups is 2. The molecule has 7 nitrogen and oxygen atoms in total. The highest BCUT2D eigenvalue weighted by Gasteiger charge is 2.31. The van der Waals surface area contributed by atoms with E-state index in [1.165, 1.54) is 18.2 Å². The standard InChI is InChI=1S/C15H18N2O5/c18-14(11-7-4-8-12(9-11)17(21)22)16-13(15(19)20)10-5-2-1-3-6-10/h4,7-10,13H,1-3,5-6H2,(H,16,18)(H,19,20)/t13-/m0/s1. The van der Waals surface area contributed by atoms with E-state index < -0.39 is 22.8 Å². The highest BCUT2D eigenvalue weighted by molar-refractivity contribution is 5.97. The van der Waals surface area contributed by atoms with Gasteiger partial charge < -0.3 is 10.4 Å². The van der Waals surface area contributed by atoms with Crippen LogP contribution in [0.1, 0.15) is 42.5 Å². The van der Waals surface area contributed by atoms with E-state index in [1.807, 2.05) is 0 Å². The van der Waals surface area contributed by atoms with E-state index in [2.05, 4.69) is 5.32 Å². The zero-order chi connectivity index (χ0) is 16.1. The predicted octanol–water partition coefficient (Wildman–Crippen LogP) is 2.36. The lowest BCUT2D eigenvalue weighted by molar-refractivity contribution is -0.384. The van der Waals surface area contributed by atoms with Crippen molar-refractivity contribution in [3.05, 3.63) is 39.9 Å². The predicted molar refractivity (Wildman–Crippen MR) is 78.6 cm³/mol. The average molecular weight is 306 g/mol. The van der Waals surface area contributed by atoms with E-state index in [-0.39, 0.29) is 17.2 Å². The summed E-state index contributed by atoms with van der Waals surface area (Å²) in [5.74, 6) is -1.75. The van der Waals surface area contributed by atoms with Crippen molar-refractivity contribution in [2.24, 2.45) is 5.92 Å². The van der Waals surface area contributed by atoms with Crippen molar-refractivity contribution in [1.82, 2.24) is 5.32 Å². The zero-order valence-electron chi connectivity index (χ0n) is 12.0. The van der Waals surface area contributed by atoms with Gasteiger partial charge in [0.1, 0.15) is 6.04 Å². The third kappa shape index (κ3) is 3.81. The molecule has 1 fully saturated rings. The number of nitrogens with zero attached hydrogens (tertiary/aromatic N) is 1. The maximum Gasteiger partial charge on any atom is 0.326 e. The van der Waals surface area contributed by atoms with Crippen LogP contribution >= 0.6 is 0 Å². The lowest BCUT2D eigenvalue weighted by Gasteiger charge is -2.28. The summed E-state index contributed by atoms with van der Waals surface area (Å²) in [6.07, 6.45) is 4.54. The van der Waals surface area contributed by atoms with E-state index >= 15 is 0 Å². The smallest absolute Gasteiger partial charge is 0.326 e. The average Bonchev–Trinajstić information content (AvgIpc) is 2.53. The maximum absolute atomic E-state index is 12.2. The zero-order valence-corrected chi connectivity index (χ0v) is 12.0. The molecule has 1 aromatic carbocycles. The van der Waals surface area contributed by atoms with Crippen molar-refractivity contribution in [3.8, 4) is 0 Å². The van der Waals surface area contributed by atoms with Gasteiger partial charge >= 0.3 is 5.97 Å². The molecule has 0 spiro atoms. The van der Waals surface area contributed by atoms with E-state index in [1.54, 1.807) is 0 Å². The highest BCUT2D eigenvalue weighted by atomic mass is 16.6. The molecular formula is C15H18N2O5. The minimum atomic E-state index is -1.06. The maximum atomic E-state index is 12.2.